The Kier molecular flexibility index (Phi) is 8.28. The molecule has 2 aromatic carbocycles. The first kappa shape index (κ1) is 20.1. The van der Waals surface area contributed by atoms with Gasteiger partial charge in [-0.3, -0.25) is 9.00 Å². The number of benzene rings is 2. The van der Waals surface area contributed by atoms with E-state index in [1.165, 1.54) is 17.7 Å². The maximum Gasteiger partial charge on any atom is 0.232 e. The number of para-hydroxylation sites is 1. The van der Waals surface area contributed by atoms with Crippen LogP contribution in [0.4, 0.5) is 4.39 Å². The third kappa shape index (κ3) is 7.35. The Bertz CT molecular complexity index is 724. The fourth-order valence-corrected chi connectivity index (χ4v) is 3.23. The highest BCUT2D eigenvalue weighted by Gasteiger charge is 2.12. The van der Waals surface area contributed by atoms with E-state index >= 15 is 0 Å². The summed E-state index contributed by atoms with van der Waals surface area (Å²) in [7, 11) is -1.35. The van der Waals surface area contributed by atoms with Crippen molar-refractivity contribution < 1.29 is 18.1 Å². The lowest BCUT2D eigenvalue weighted by Gasteiger charge is -2.14. The van der Waals surface area contributed by atoms with Gasteiger partial charge in [-0.2, -0.15) is 0 Å². The Balaban J connectivity index is 1.63. The molecule has 0 aliphatic carbocycles. The molecule has 0 aromatic heterocycles. The first-order valence-electron chi connectivity index (χ1n) is 8.60. The van der Waals surface area contributed by atoms with Gasteiger partial charge in [0.05, 0.1) is 12.4 Å². The number of hydrogen-bond acceptors (Lipinski definition) is 3. The molecule has 26 heavy (non-hydrogen) atoms. The van der Waals surface area contributed by atoms with Crippen molar-refractivity contribution in [2.75, 3.05) is 18.1 Å². The Hall–Kier alpha value is -2.21. The van der Waals surface area contributed by atoms with Gasteiger partial charge in [0.1, 0.15) is 5.75 Å². The van der Waals surface area contributed by atoms with Gasteiger partial charge in [-0.1, -0.05) is 42.5 Å². The summed E-state index contributed by atoms with van der Waals surface area (Å²) in [6.07, 6.45) is 1.70. The highest BCUT2D eigenvalue weighted by atomic mass is 32.2. The van der Waals surface area contributed by atoms with Gasteiger partial charge in [0, 0.05) is 16.8 Å². The van der Waals surface area contributed by atoms with E-state index in [4.69, 9.17) is 4.74 Å². The van der Waals surface area contributed by atoms with Crippen LogP contribution >= 0.6 is 0 Å². The molecule has 6 heteroatoms. The molecule has 4 nitrogen and oxygen atoms in total. The van der Waals surface area contributed by atoms with E-state index in [-0.39, 0.29) is 35.8 Å². The third-order valence-electron chi connectivity index (χ3n) is 3.81. The molecule has 140 valence electrons. The third-order valence-corrected chi connectivity index (χ3v) is 5.02. The van der Waals surface area contributed by atoms with Crippen molar-refractivity contribution in [1.29, 1.82) is 0 Å². The minimum atomic E-state index is -1.35. The Labute approximate surface area is 156 Å². The van der Waals surface area contributed by atoms with Crippen LogP contribution in [-0.4, -0.2) is 34.3 Å². The van der Waals surface area contributed by atoms with Crippen LogP contribution in [0.2, 0.25) is 0 Å². The van der Waals surface area contributed by atoms with Crippen LogP contribution in [0.1, 0.15) is 18.9 Å². The number of hydrogen-bond donors (Lipinski definition) is 1. The summed E-state index contributed by atoms with van der Waals surface area (Å²) in [6.45, 7) is 2.04. The second kappa shape index (κ2) is 10.7. The predicted molar refractivity (Wildman–Crippen MR) is 102 cm³/mol. The van der Waals surface area contributed by atoms with E-state index in [0.29, 0.717) is 0 Å². The summed E-state index contributed by atoms with van der Waals surface area (Å²) >= 11 is 0. The van der Waals surface area contributed by atoms with Crippen molar-refractivity contribution in [3.63, 3.8) is 0 Å². The largest absolute Gasteiger partial charge is 0.490 e. The summed E-state index contributed by atoms with van der Waals surface area (Å²) in [6, 6.07) is 16.1. The first-order chi connectivity index (χ1) is 12.5. The van der Waals surface area contributed by atoms with Gasteiger partial charge in [-0.25, -0.2) is 4.39 Å². The van der Waals surface area contributed by atoms with E-state index in [0.717, 1.165) is 12.8 Å². The summed E-state index contributed by atoms with van der Waals surface area (Å²) in [5.41, 5.74) is 1.22. The second-order valence-electron chi connectivity index (χ2n) is 6.06. The van der Waals surface area contributed by atoms with E-state index in [1.807, 2.05) is 25.1 Å². The van der Waals surface area contributed by atoms with E-state index < -0.39 is 16.6 Å². The standard InChI is InChI=1S/C20H24FNO3S/c1-16(11-12-17-7-3-2-4-8-17)22-20(23)15-26(24)14-13-25-19-10-6-5-9-18(19)21/h2-10,16H,11-15H2,1H3,(H,22,23)/t16-,26-/m0/s1. The fraction of sp³-hybridized carbons (Fsp3) is 0.350. The lowest BCUT2D eigenvalue weighted by atomic mass is 10.1. The van der Waals surface area contributed by atoms with Crippen LogP contribution in [0, 0.1) is 5.82 Å². The van der Waals surface area contributed by atoms with Crippen LogP contribution in [0.3, 0.4) is 0 Å². The molecule has 0 heterocycles. The van der Waals surface area contributed by atoms with Gasteiger partial charge in [0.25, 0.3) is 0 Å². The van der Waals surface area contributed by atoms with Crippen LogP contribution < -0.4 is 10.1 Å². The van der Waals surface area contributed by atoms with Gasteiger partial charge >= 0.3 is 0 Å². The number of amides is 1. The number of ether oxygens (including phenoxy) is 1. The second-order valence-corrected chi connectivity index (χ2v) is 7.64. The van der Waals surface area contributed by atoms with Gasteiger partial charge in [-0.05, 0) is 37.5 Å². The number of rotatable bonds is 10. The topological polar surface area (TPSA) is 55.4 Å². The average molecular weight is 377 g/mol. The van der Waals surface area contributed by atoms with Gasteiger partial charge in [-0.15, -0.1) is 0 Å². The summed E-state index contributed by atoms with van der Waals surface area (Å²) in [5.74, 6) is -0.460. The molecular formula is C20H24FNO3S. The summed E-state index contributed by atoms with van der Waals surface area (Å²) < 4.78 is 30.6. The smallest absolute Gasteiger partial charge is 0.232 e. The molecule has 0 fully saturated rings. The highest BCUT2D eigenvalue weighted by molar-refractivity contribution is 7.85. The van der Waals surface area contributed by atoms with Gasteiger partial charge < -0.3 is 10.1 Å². The Morgan fingerprint density at radius 3 is 2.58 bits per heavy atom. The number of nitrogens with one attached hydrogen (secondary N) is 1. The van der Waals surface area contributed by atoms with Crippen molar-refractivity contribution >= 4 is 16.7 Å². The SMILES string of the molecule is C[C@@H](CCc1ccccc1)NC(=O)C[S@@](=O)CCOc1ccccc1F. The Morgan fingerprint density at radius 1 is 1.15 bits per heavy atom. The van der Waals surface area contributed by atoms with Crippen LogP contribution in [0.5, 0.6) is 5.75 Å². The maximum absolute atomic E-state index is 13.4. The number of carbonyl (C=O) groups is 1. The maximum atomic E-state index is 13.4. The molecule has 0 saturated carbocycles. The molecule has 2 rings (SSSR count). The van der Waals surface area contributed by atoms with Crippen molar-refractivity contribution in [3.05, 3.63) is 66.0 Å². The molecule has 0 aliphatic heterocycles. The molecule has 0 radical (unpaired) electrons. The molecule has 1 N–H and O–H groups in total. The molecule has 0 saturated heterocycles. The molecule has 0 bridgehead atoms. The first-order valence-corrected chi connectivity index (χ1v) is 10.1. The number of aryl methyl sites for hydroxylation is 1. The van der Waals surface area contributed by atoms with Gasteiger partial charge in [0.2, 0.25) is 5.91 Å². The lowest BCUT2D eigenvalue weighted by molar-refractivity contribution is -0.119. The Morgan fingerprint density at radius 2 is 1.85 bits per heavy atom. The monoisotopic (exact) mass is 377 g/mol. The molecule has 0 spiro atoms. The predicted octanol–water partition coefficient (Wildman–Crippen LogP) is 3.09. The molecule has 0 aliphatic rings. The van der Waals surface area contributed by atoms with Gasteiger partial charge in [0.15, 0.2) is 11.6 Å². The van der Waals surface area contributed by atoms with E-state index in [1.54, 1.807) is 12.1 Å². The normalized spacial score (nSPS) is 13.0. The van der Waals surface area contributed by atoms with Crippen molar-refractivity contribution in [1.82, 2.24) is 5.32 Å². The van der Waals surface area contributed by atoms with E-state index in [9.17, 15) is 13.4 Å². The van der Waals surface area contributed by atoms with Crippen molar-refractivity contribution in [2.45, 2.75) is 25.8 Å². The highest BCUT2D eigenvalue weighted by Crippen LogP contribution is 2.15. The lowest BCUT2D eigenvalue weighted by Crippen LogP contribution is -2.36. The van der Waals surface area contributed by atoms with Crippen LogP contribution in [-0.2, 0) is 22.0 Å². The quantitative estimate of drug-likeness (QED) is 0.692. The number of halogens is 1. The van der Waals surface area contributed by atoms with Crippen LogP contribution in [0.25, 0.3) is 0 Å². The molecule has 2 aromatic rings. The average Bonchev–Trinajstić information content (AvgIpc) is 2.62. The minimum Gasteiger partial charge on any atom is -0.490 e. The summed E-state index contributed by atoms with van der Waals surface area (Å²) in [4.78, 5) is 12.0. The van der Waals surface area contributed by atoms with E-state index in [2.05, 4.69) is 17.4 Å². The zero-order valence-electron chi connectivity index (χ0n) is 14.8. The minimum absolute atomic E-state index is 0.00868. The molecular weight excluding hydrogens is 353 g/mol. The van der Waals surface area contributed by atoms with Crippen molar-refractivity contribution in [3.8, 4) is 5.75 Å². The zero-order chi connectivity index (χ0) is 18.8. The zero-order valence-corrected chi connectivity index (χ0v) is 15.6. The summed E-state index contributed by atoms with van der Waals surface area (Å²) in [5, 5.41) is 2.87. The van der Waals surface area contributed by atoms with Crippen molar-refractivity contribution in [2.24, 2.45) is 0 Å². The number of carbonyl (C=O) groups excluding carboxylic acids is 1. The van der Waals surface area contributed by atoms with Crippen LogP contribution in [0.15, 0.2) is 54.6 Å². The molecule has 2 atom stereocenters. The molecule has 0 unspecified atom stereocenters. The fourth-order valence-electron chi connectivity index (χ4n) is 2.44. The molecule has 1 amide bonds.